The Balaban J connectivity index is 2.99. The van der Waals surface area contributed by atoms with E-state index >= 15 is 0 Å². The molecule has 1 aliphatic carbocycles. The Hall–Kier alpha value is -1.06. The molecule has 110 valence electrons. The maximum Gasteiger partial charge on any atom is 0.321 e. The summed E-state index contributed by atoms with van der Waals surface area (Å²) >= 11 is 0. The van der Waals surface area contributed by atoms with Crippen LogP contribution in [0.4, 0.5) is 0 Å². The maximum absolute atomic E-state index is 11.7. The number of carbonyl (C=O) groups is 2. The van der Waals surface area contributed by atoms with E-state index in [0.717, 1.165) is 32.1 Å². The van der Waals surface area contributed by atoms with E-state index in [1.54, 1.807) is 0 Å². The number of carboxylic acids is 2. The van der Waals surface area contributed by atoms with Crippen molar-refractivity contribution in [2.24, 2.45) is 16.7 Å². The molecule has 19 heavy (non-hydrogen) atoms. The van der Waals surface area contributed by atoms with E-state index < -0.39 is 17.4 Å². The summed E-state index contributed by atoms with van der Waals surface area (Å²) in [6, 6.07) is 0. The number of hydrogen-bond acceptors (Lipinski definition) is 2. The summed E-state index contributed by atoms with van der Waals surface area (Å²) in [7, 11) is 0. The molecule has 1 fully saturated rings. The molecule has 1 saturated carbocycles. The predicted octanol–water partition coefficient (Wildman–Crippen LogP) is 3.55. The summed E-state index contributed by atoms with van der Waals surface area (Å²) < 4.78 is 0. The average Bonchev–Trinajstić information content (AvgIpc) is 2.28. The van der Waals surface area contributed by atoms with Gasteiger partial charge in [-0.25, -0.2) is 0 Å². The largest absolute Gasteiger partial charge is 0.480 e. The molecule has 0 saturated heterocycles. The second kappa shape index (κ2) is 5.93. The van der Waals surface area contributed by atoms with E-state index in [1.807, 2.05) is 20.8 Å². The molecular weight excluding hydrogens is 244 g/mol. The van der Waals surface area contributed by atoms with Crippen LogP contribution in [0.5, 0.6) is 0 Å². The molecule has 0 radical (unpaired) electrons. The van der Waals surface area contributed by atoms with Crippen LogP contribution in [0.25, 0.3) is 0 Å². The quantitative estimate of drug-likeness (QED) is 0.749. The van der Waals surface area contributed by atoms with Crippen molar-refractivity contribution in [3.05, 3.63) is 0 Å². The second-order valence-electron chi connectivity index (χ2n) is 6.98. The fourth-order valence-electron chi connectivity index (χ4n) is 3.03. The highest BCUT2D eigenvalue weighted by Crippen LogP contribution is 2.44. The molecule has 0 heterocycles. The van der Waals surface area contributed by atoms with E-state index in [-0.39, 0.29) is 17.8 Å². The summed E-state index contributed by atoms with van der Waals surface area (Å²) in [6.07, 6.45) is 5.27. The molecule has 0 unspecified atom stereocenters. The topological polar surface area (TPSA) is 74.6 Å². The van der Waals surface area contributed by atoms with Crippen molar-refractivity contribution in [2.45, 2.75) is 65.7 Å². The van der Waals surface area contributed by atoms with Crippen LogP contribution >= 0.6 is 0 Å². The van der Waals surface area contributed by atoms with Crippen LogP contribution in [-0.2, 0) is 9.59 Å². The van der Waals surface area contributed by atoms with E-state index in [9.17, 15) is 19.8 Å². The van der Waals surface area contributed by atoms with Gasteiger partial charge in [-0.15, -0.1) is 0 Å². The maximum atomic E-state index is 11.7. The van der Waals surface area contributed by atoms with Crippen LogP contribution in [0.2, 0.25) is 0 Å². The van der Waals surface area contributed by atoms with Crippen molar-refractivity contribution >= 4 is 11.9 Å². The van der Waals surface area contributed by atoms with Gasteiger partial charge in [-0.3, -0.25) is 9.59 Å². The minimum Gasteiger partial charge on any atom is -0.480 e. The molecule has 0 amide bonds. The first kappa shape index (κ1) is 16.0. The van der Waals surface area contributed by atoms with Crippen molar-refractivity contribution in [2.75, 3.05) is 0 Å². The fourth-order valence-corrected chi connectivity index (χ4v) is 3.03. The summed E-state index contributed by atoms with van der Waals surface area (Å²) in [5, 5.41) is 19.1. The third kappa shape index (κ3) is 3.71. The zero-order valence-corrected chi connectivity index (χ0v) is 12.2. The first-order chi connectivity index (χ1) is 8.70. The van der Waals surface area contributed by atoms with Crippen molar-refractivity contribution in [1.29, 1.82) is 0 Å². The molecular formula is C15H26O4. The Morgan fingerprint density at radius 3 is 1.79 bits per heavy atom. The monoisotopic (exact) mass is 270 g/mol. The lowest BCUT2D eigenvalue weighted by Crippen LogP contribution is -2.47. The Morgan fingerprint density at radius 1 is 0.947 bits per heavy atom. The number of rotatable bonds is 5. The van der Waals surface area contributed by atoms with Crippen molar-refractivity contribution in [1.82, 2.24) is 0 Å². The van der Waals surface area contributed by atoms with Gasteiger partial charge in [0.25, 0.3) is 0 Å². The summed E-state index contributed by atoms with van der Waals surface area (Å²) in [6.45, 7) is 6.05. The predicted molar refractivity (Wildman–Crippen MR) is 73.0 cm³/mol. The van der Waals surface area contributed by atoms with E-state index in [1.165, 1.54) is 0 Å². The highest BCUT2D eigenvalue weighted by atomic mass is 16.4. The van der Waals surface area contributed by atoms with Gasteiger partial charge in [0.2, 0.25) is 0 Å². The molecule has 0 bridgehead atoms. The van der Waals surface area contributed by atoms with E-state index in [4.69, 9.17) is 0 Å². The molecule has 0 aromatic carbocycles. The molecule has 0 aromatic heterocycles. The highest BCUT2D eigenvalue weighted by Gasteiger charge is 2.52. The third-order valence-electron chi connectivity index (χ3n) is 4.33. The van der Waals surface area contributed by atoms with Crippen molar-refractivity contribution in [3.63, 3.8) is 0 Å². The smallest absolute Gasteiger partial charge is 0.321 e. The van der Waals surface area contributed by atoms with Gasteiger partial charge in [-0.2, -0.15) is 0 Å². The number of hydrogen-bond donors (Lipinski definition) is 2. The second-order valence-corrected chi connectivity index (χ2v) is 6.98. The number of carboxylic acid groups (broad SMARTS) is 2. The lowest BCUT2D eigenvalue weighted by atomic mass is 9.64. The minimum absolute atomic E-state index is 0.0508. The third-order valence-corrected chi connectivity index (χ3v) is 4.33. The summed E-state index contributed by atoms with van der Waals surface area (Å²) in [5.41, 5.74) is -1.64. The van der Waals surface area contributed by atoms with Crippen LogP contribution in [0, 0.1) is 16.7 Å². The van der Waals surface area contributed by atoms with Crippen molar-refractivity contribution < 1.29 is 19.8 Å². The highest BCUT2D eigenvalue weighted by molar-refractivity contribution is 5.98. The van der Waals surface area contributed by atoms with Crippen LogP contribution in [0.1, 0.15) is 65.7 Å². The van der Waals surface area contributed by atoms with Crippen LogP contribution in [-0.4, -0.2) is 22.2 Å². The first-order valence-electron chi connectivity index (χ1n) is 7.17. The number of aliphatic carboxylic acids is 2. The van der Waals surface area contributed by atoms with Gasteiger partial charge in [0.05, 0.1) is 0 Å². The SMILES string of the molecule is CC(C)(C)CCC(C(=O)O)(C(=O)O)C1CCCCC1. The summed E-state index contributed by atoms with van der Waals surface area (Å²) in [5.74, 6) is -2.54. The van der Waals surface area contributed by atoms with E-state index in [2.05, 4.69) is 0 Å². The molecule has 1 aliphatic rings. The molecule has 0 spiro atoms. The Labute approximate surface area is 115 Å². The van der Waals surface area contributed by atoms with Gasteiger partial charge in [0.15, 0.2) is 5.41 Å². The van der Waals surface area contributed by atoms with Gasteiger partial charge in [0, 0.05) is 0 Å². The van der Waals surface area contributed by atoms with Crippen LogP contribution in [0.15, 0.2) is 0 Å². The lowest BCUT2D eigenvalue weighted by molar-refractivity contribution is -0.171. The van der Waals surface area contributed by atoms with Crippen LogP contribution < -0.4 is 0 Å². The lowest BCUT2D eigenvalue weighted by Gasteiger charge is -2.37. The minimum atomic E-state index is -1.59. The normalized spacial score (nSPS) is 18.3. The Bertz CT molecular complexity index is 321. The molecule has 0 atom stereocenters. The zero-order valence-electron chi connectivity index (χ0n) is 12.2. The zero-order chi connectivity index (χ0) is 14.7. The summed E-state index contributed by atoms with van der Waals surface area (Å²) in [4.78, 5) is 23.4. The van der Waals surface area contributed by atoms with Gasteiger partial charge in [-0.05, 0) is 37.0 Å². The standard InChI is InChI=1S/C15H26O4/c1-14(2,3)9-10-15(12(16)17,13(18)19)11-7-5-4-6-8-11/h11H,4-10H2,1-3H3,(H,16,17)(H,18,19). The Morgan fingerprint density at radius 2 is 1.42 bits per heavy atom. The van der Waals surface area contributed by atoms with Gasteiger partial charge in [-0.1, -0.05) is 40.0 Å². The molecule has 4 nitrogen and oxygen atoms in total. The van der Waals surface area contributed by atoms with Crippen LogP contribution in [0.3, 0.4) is 0 Å². The molecule has 2 N–H and O–H groups in total. The average molecular weight is 270 g/mol. The first-order valence-corrected chi connectivity index (χ1v) is 7.17. The van der Waals surface area contributed by atoms with E-state index in [0.29, 0.717) is 6.42 Å². The van der Waals surface area contributed by atoms with Gasteiger partial charge in [0.1, 0.15) is 0 Å². The molecule has 0 aliphatic heterocycles. The van der Waals surface area contributed by atoms with Gasteiger partial charge >= 0.3 is 11.9 Å². The fraction of sp³-hybridized carbons (Fsp3) is 0.867. The van der Waals surface area contributed by atoms with Gasteiger partial charge < -0.3 is 10.2 Å². The molecule has 4 heteroatoms. The molecule has 1 rings (SSSR count). The Kier molecular flexibility index (Phi) is 4.99. The van der Waals surface area contributed by atoms with Crippen molar-refractivity contribution in [3.8, 4) is 0 Å². The molecule has 0 aromatic rings.